The van der Waals surface area contributed by atoms with Gasteiger partial charge in [-0.3, -0.25) is 0 Å². The van der Waals surface area contributed by atoms with E-state index < -0.39 is 0 Å². The van der Waals surface area contributed by atoms with Gasteiger partial charge in [-0.05, 0) is 51.9 Å². The van der Waals surface area contributed by atoms with Crippen molar-refractivity contribution in [3.8, 4) is 27.9 Å². The third kappa shape index (κ3) is 6.16. The number of nitrogens with one attached hydrogen (secondary N) is 1. The summed E-state index contributed by atoms with van der Waals surface area (Å²) in [5, 5.41) is 6.17. The van der Waals surface area contributed by atoms with E-state index in [1.54, 1.807) is 0 Å². The van der Waals surface area contributed by atoms with E-state index in [4.69, 9.17) is 4.98 Å². The molecule has 3 nitrogen and oxygen atoms in total. The van der Waals surface area contributed by atoms with Crippen LogP contribution in [0.3, 0.4) is 0 Å². The molecular formula is C47H46AuN3. The van der Waals surface area contributed by atoms with Gasteiger partial charge in [0.1, 0.15) is 5.65 Å². The summed E-state index contributed by atoms with van der Waals surface area (Å²) in [6, 6.07) is 45.2. The summed E-state index contributed by atoms with van der Waals surface area (Å²) < 4.78 is 2.27. The first-order valence-corrected chi connectivity index (χ1v) is 17.3. The molecule has 5 aromatic carbocycles. The van der Waals surface area contributed by atoms with Crippen molar-refractivity contribution in [3.05, 3.63) is 151 Å². The van der Waals surface area contributed by atoms with Crippen molar-refractivity contribution in [2.24, 2.45) is 0 Å². The molecule has 260 valence electrons. The summed E-state index contributed by atoms with van der Waals surface area (Å²) in [6.07, 6.45) is 1.88. The Morgan fingerprint density at radius 2 is 1.25 bits per heavy atom. The number of hydrogen-bond donors (Lipinski definition) is 1. The molecule has 0 saturated heterocycles. The van der Waals surface area contributed by atoms with Crippen LogP contribution < -0.4 is 5.32 Å². The van der Waals surface area contributed by atoms with Crippen LogP contribution in [0.1, 0.15) is 77.6 Å². The van der Waals surface area contributed by atoms with Crippen LogP contribution in [0.5, 0.6) is 0 Å². The van der Waals surface area contributed by atoms with Crippen molar-refractivity contribution in [2.45, 2.75) is 71.6 Å². The molecule has 0 radical (unpaired) electrons. The van der Waals surface area contributed by atoms with Crippen molar-refractivity contribution in [2.75, 3.05) is 5.32 Å². The average Bonchev–Trinajstić information content (AvgIpc) is 3.41. The molecular weight excluding hydrogens is 804 g/mol. The fraction of sp³-hybridized carbons (Fsp3) is 0.234. The van der Waals surface area contributed by atoms with E-state index in [0.29, 0.717) is 0 Å². The average molecular weight is 850 g/mol. The number of para-hydroxylation sites is 3. The number of aromatic nitrogens is 2. The first-order chi connectivity index (χ1) is 23.3. The number of rotatable bonds is 3. The number of hydrogen-bond acceptors (Lipinski definition) is 2. The molecule has 0 amide bonds. The van der Waals surface area contributed by atoms with Crippen molar-refractivity contribution in [1.82, 2.24) is 9.55 Å². The molecule has 0 saturated carbocycles. The van der Waals surface area contributed by atoms with Gasteiger partial charge in [-0.2, -0.15) is 29.8 Å². The minimum atomic E-state index is -0.141. The molecule has 7 aromatic rings. The van der Waals surface area contributed by atoms with Crippen LogP contribution in [0.4, 0.5) is 11.4 Å². The summed E-state index contributed by atoms with van der Waals surface area (Å²) in [7, 11) is 0. The maximum absolute atomic E-state index is 4.89. The Balaban J connectivity index is 0.00000224. The van der Waals surface area contributed by atoms with Crippen molar-refractivity contribution in [1.29, 1.82) is 0 Å². The zero-order chi connectivity index (χ0) is 34.3. The monoisotopic (exact) mass is 849 g/mol. The van der Waals surface area contributed by atoms with E-state index in [1.165, 1.54) is 27.6 Å². The Bertz CT molecular complexity index is 2360. The Morgan fingerprint density at radius 3 is 2.00 bits per heavy atom. The zero-order valence-corrected chi connectivity index (χ0v) is 33.3. The molecule has 3 heterocycles. The quantitative estimate of drug-likeness (QED) is 0.142. The molecule has 4 heteroatoms. The molecule has 1 N–H and O–H groups in total. The molecule has 0 aliphatic carbocycles. The van der Waals surface area contributed by atoms with Gasteiger partial charge in [0.05, 0.1) is 5.52 Å². The van der Waals surface area contributed by atoms with E-state index in [-0.39, 0.29) is 46.1 Å². The fourth-order valence-electron chi connectivity index (χ4n) is 7.44. The minimum absolute atomic E-state index is 0. The molecule has 0 fully saturated rings. The van der Waals surface area contributed by atoms with Gasteiger partial charge in [-0.15, -0.1) is 28.8 Å². The first-order valence-electron chi connectivity index (χ1n) is 17.3. The number of fused-ring (bicyclic) bond motifs is 5. The van der Waals surface area contributed by atoms with E-state index in [1.807, 2.05) is 12.3 Å². The van der Waals surface area contributed by atoms with Crippen LogP contribution in [0, 0.1) is 19.6 Å². The predicted octanol–water partition coefficient (Wildman–Crippen LogP) is 12.5. The largest absolute Gasteiger partial charge is 3.00 e. The van der Waals surface area contributed by atoms with Crippen LogP contribution in [0.25, 0.3) is 49.9 Å². The third-order valence-corrected chi connectivity index (χ3v) is 10.3. The van der Waals surface area contributed by atoms with Crippen LogP contribution in [-0.2, 0) is 38.6 Å². The van der Waals surface area contributed by atoms with Crippen LogP contribution >= 0.6 is 0 Å². The molecule has 0 spiro atoms. The second-order valence-corrected chi connectivity index (χ2v) is 16.1. The van der Waals surface area contributed by atoms with Crippen LogP contribution in [0.15, 0.2) is 109 Å². The fourth-order valence-corrected chi connectivity index (χ4v) is 7.44. The van der Waals surface area contributed by atoms with Crippen molar-refractivity contribution >= 4 is 33.3 Å². The standard InChI is InChI=1S/C46H43N3.CH3.Au/c1-44(2,3)32-24-29(23-31(26-32)35-16-13-19-39-42(35)48-40-20-11-10-18-38(40)46(39,7)8)30-25-33(45(4,5)6)28-34(27-30)49-41-21-12-9-15-36(41)37-17-14-22-47-43(37)49;;/h9-22,24-26,28,48H,1-8H3;1H3;/q-2;-1;+3. The van der Waals surface area contributed by atoms with Crippen LogP contribution in [-0.4, -0.2) is 9.55 Å². The smallest absolute Gasteiger partial charge is 0.361 e. The van der Waals surface area contributed by atoms with E-state index in [0.717, 1.165) is 55.9 Å². The Hall–Kier alpha value is -4.41. The third-order valence-electron chi connectivity index (χ3n) is 10.3. The summed E-state index contributed by atoms with van der Waals surface area (Å²) in [5.41, 5.74) is 14.5. The maximum atomic E-state index is 4.89. The normalized spacial score (nSPS) is 13.5. The van der Waals surface area contributed by atoms with Gasteiger partial charge in [-0.1, -0.05) is 116 Å². The Kier molecular flexibility index (Phi) is 9.25. The van der Waals surface area contributed by atoms with Crippen molar-refractivity contribution in [3.63, 3.8) is 0 Å². The second kappa shape index (κ2) is 13.0. The maximum Gasteiger partial charge on any atom is 3.00 e. The summed E-state index contributed by atoms with van der Waals surface area (Å²) in [4.78, 5) is 4.89. The van der Waals surface area contributed by atoms with Gasteiger partial charge >= 0.3 is 22.4 Å². The summed E-state index contributed by atoms with van der Waals surface area (Å²) in [6.45, 7) is 18.4. The van der Waals surface area contributed by atoms with Crippen molar-refractivity contribution < 1.29 is 22.4 Å². The van der Waals surface area contributed by atoms with Gasteiger partial charge in [0.15, 0.2) is 0 Å². The molecule has 51 heavy (non-hydrogen) atoms. The van der Waals surface area contributed by atoms with Gasteiger partial charge < -0.3 is 17.3 Å². The van der Waals surface area contributed by atoms with E-state index >= 15 is 0 Å². The molecule has 1 aliphatic rings. The summed E-state index contributed by atoms with van der Waals surface area (Å²) in [5.74, 6) is 0. The van der Waals surface area contributed by atoms with E-state index in [2.05, 4.69) is 174 Å². The Morgan fingerprint density at radius 1 is 0.647 bits per heavy atom. The topological polar surface area (TPSA) is 29.9 Å². The molecule has 0 bridgehead atoms. The SMILES string of the molecule is CC(C)(C)c1cc(-c2[c-]c(-n3c4ccccc4c4cccnc43)cc(C(C)(C)C)c2)[c-]c(-c2cccc3c2Nc2ccccc2C3(C)C)c1.[Au+3].[CH3-]. The minimum Gasteiger partial charge on any atom is -0.361 e. The van der Waals surface area contributed by atoms with Crippen LogP contribution in [0.2, 0.25) is 0 Å². The zero-order valence-electron chi connectivity index (χ0n) is 31.1. The first kappa shape index (κ1) is 36.4. The summed E-state index contributed by atoms with van der Waals surface area (Å²) >= 11 is 0. The Labute approximate surface area is 319 Å². The molecule has 8 rings (SSSR count). The number of benzene rings is 5. The number of nitrogens with zero attached hydrogens (tertiary/aromatic N) is 2. The van der Waals surface area contributed by atoms with Gasteiger partial charge in [0, 0.05) is 33.8 Å². The molecule has 1 aliphatic heterocycles. The molecule has 0 unspecified atom stereocenters. The van der Waals surface area contributed by atoms with E-state index in [9.17, 15) is 0 Å². The van der Waals surface area contributed by atoms with Gasteiger partial charge in [-0.25, -0.2) is 10.5 Å². The second-order valence-electron chi connectivity index (χ2n) is 16.1. The molecule has 2 aromatic heterocycles. The number of pyridine rings is 1. The number of anilines is 2. The van der Waals surface area contributed by atoms with Gasteiger partial charge in [0.2, 0.25) is 0 Å². The van der Waals surface area contributed by atoms with Gasteiger partial charge in [0.25, 0.3) is 0 Å². The predicted molar refractivity (Wildman–Crippen MR) is 213 cm³/mol. The molecule has 0 atom stereocenters.